The molecule has 0 aliphatic carbocycles. The minimum atomic E-state index is 0.732. The van der Waals surface area contributed by atoms with Crippen molar-refractivity contribution in [2.45, 2.75) is 32.4 Å². The monoisotopic (exact) mass is 241 g/mol. The summed E-state index contributed by atoms with van der Waals surface area (Å²) in [6.07, 6.45) is 6.45. The van der Waals surface area contributed by atoms with Gasteiger partial charge in [-0.05, 0) is 50.1 Å². The molecule has 1 aliphatic rings. The average molecular weight is 241 g/mol. The summed E-state index contributed by atoms with van der Waals surface area (Å²) in [5, 5.41) is 4.24. The molecule has 0 saturated carbocycles. The number of benzene rings is 1. The summed E-state index contributed by atoms with van der Waals surface area (Å²) >= 11 is 0. The second-order valence-electron chi connectivity index (χ2n) is 5.08. The molecule has 2 heterocycles. The summed E-state index contributed by atoms with van der Waals surface area (Å²) in [5.41, 5.74) is 2.51. The summed E-state index contributed by atoms with van der Waals surface area (Å²) in [5.74, 6) is 0. The number of aromatic nitrogens is 2. The van der Waals surface area contributed by atoms with Gasteiger partial charge in [0.2, 0.25) is 0 Å². The second-order valence-corrected chi connectivity index (χ2v) is 5.08. The van der Waals surface area contributed by atoms with E-state index in [1.807, 2.05) is 16.9 Å². The molecule has 1 saturated heterocycles. The first-order valence-corrected chi connectivity index (χ1v) is 6.66. The molecule has 1 aromatic carbocycles. The average Bonchev–Trinajstić information content (AvgIpc) is 3.03. The van der Waals surface area contributed by atoms with Crippen molar-refractivity contribution in [2.75, 3.05) is 6.54 Å². The lowest BCUT2D eigenvalue weighted by molar-refractivity contribution is 0.260. The molecule has 0 spiro atoms. The smallest absolute Gasteiger partial charge is 0.0645 e. The number of hydrogen-bond donors (Lipinski definition) is 0. The largest absolute Gasteiger partial charge is 0.296 e. The van der Waals surface area contributed by atoms with Crippen LogP contribution < -0.4 is 0 Å². The maximum absolute atomic E-state index is 4.24. The first-order chi connectivity index (χ1) is 8.83. The molecule has 2 aromatic rings. The van der Waals surface area contributed by atoms with Gasteiger partial charge in [-0.1, -0.05) is 12.1 Å². The summed E-state index contributed by atoms with van der Waals surface area (Å²) in [6.45, 7) is 4.63. The van der Waals surface area contributed by atoms with Crippen LogP contribution in [0.15, 0.2) is 42.7 Å². The van der Waals surface area contributed by atoms with Crippen molar-refractivity contribution in [3.63, 3.8) is 0 Å². The van der Waals surface area contributed by atoms with Gasteiger partial charge in [0.15, 0.2) is 0 Å². The molecule has 1 atom stereocenters. The van der Waals surface area contributed by atoms with Gasteiger partial charge in [-0.2, -0.15) is 5.10 Å². The number of hydrogen-bond acceptors (Lipinski definition) is 2. The molecule has 3 nitrogen and oxygen atoms in total. The van der Waals surface area contributed by atoms with Crippen molar-refractivity contribution < 1.29 is 0 Å². The lowest BCUT2D eigenvalue weighted by atomic mass is 10.2. The normalized spacial score (nSPS) is 20.4. The third-order valence-electron chi connectivity index (χ3n) is 3.78. The predicted molar refractivity (Wildman–Crippen MR) is 72.7 cm³/mol. The molecule has 1 aromatic heterocycles. The predicted octanol–water partition coefficient (Wildman–Crippen LogP) is 2.86. The van der Waals surface area contributed by atoms with Crippen molar-refractivity contribution in [2.24, 2.45) is 0 Å². The van der Waals surface area contributed by atoms with E-state index < -0.39 is 0 Å². The zero-order chi connectivity index (χ0) is 12.4. The van der Waals surface area contributed by atoms with Crippen molar-refractivity contribution >= 4 is 0 Å². The fourth-order valence-corrected chi connectivity index (χ4v) is 2.64. The quantitative estimate of drug-likeness (QED) is 0.824. The highest BCUT2D eigenvalue weighted by atomic mass is 15.3. The molecule has 0 amide bonds. The first kappa shape index (κ1) is 11.5. The fraction of sp³-hybridized carbons (Fsp3) is 0.400. The minimum absolute atomic E-state index is 0.732. The molecule has 1 aliphatic heterocycles. The van der Waals surface area contributed by atoms with Crippen molar-refractivity contribution in [3.05, 3.63) is 48.3 Å². The maximum Gasteiger partial charge on any atom is 0.0645 e. The van der Waals surface area contributed by atoms with E-state index in [4.69, 9.17) is 0 Å². The van der Waals surface area contributed by atoms with E-state index >= 15 is 0 Å². The van der Waals surface area contributed by atoms with E-state index in [1.54, 1.807) is 6.20 Å². The van der Waals surface area contributed by atoms with Crippen molar-refractivity contribution in [3.8, 4) is 5.69 Å². The van der Waals surface area contributed by atoms with Gasteiger partial charge < -0.3 is 0 Å². The van der Waals surface area contributed by atoms with Crippen LogP contribution in [0.4, 0.5) is 0 Å². The lowest BCUT2D eigenvalue weighted by Crippen LogP contribution is -2.26. The van der Waals surface area contributed by atoms with Gasteiger partial charge in [-0.15, -0.1) is 0 Å². The number of likely N-dealkylation sites (tertiary alicyclic amines) is 1. The van der Waals surface area contributed by atoms with E-state index in [2.05, 4.69) is 41.2 Å². The Hall–Kier alpha value is -1.61. The number of rotatable bonds is 3. The number of nitrogens with zero attached hydrogens (tertiary/aromatic N) is 3. The van der Waals surface area contributed by atoms with Crippen LogP contribution in [0.1, 0.15) is 25.3 Å². The van der Waals surface area contributed by atoms with E-state index in [0.717, 1.165) is 18.3 Å². The highest BCUT2D eigenvalue weighted by Gasteiger charge is 2.19. The molecule has 3 rings (SSSR count). The minimum Gasteiger partial charge on any atom is -0.296 e. The fourth-order valence-electron chi connectivity index (χ4n) is 2.64. The van der Waals surface area contributed by atoms with Crippen LogP contribution in [-0.4, -0.2) is 27.3 Å². The van der Waals surface area contributed by atoms with Crippen molar-refractivity contribution in [1.82, 2.24) is 14.7 Å². The zero-order valence-corrected chi connectivity index (χ0v) is 10.8. The lowest BCUT2D eigenvalue weighted by Gasteiger charge is -2.20. The molecular formula is C15H19N3. The van der Waals surface area contributed by atoms with Crippen LogP contribution >= 0.6 is 0 Å². The highest BCUT2D eigenvalue weighted by molar-refractivity contribution is 5.33. The highest BCUT2D eigenvalue weighted by Crippen LogP contribution is 2.19. The maximum atomic E-state index is 4.24. The van der Waals surface area contributed by atoms with Crippen LogP contribution in [0, 0.1) is 0 Å². The Labute approximate surface area is 108 Å². The Bertz CT molecular complexity index is 487. The van der Waals surface area contributed by atoms with E-state index in [-0.39, 0.29) is 0 Å². The summed E-state index contributed by atoms with van der Waals surface area (Å²) in [4.78, 5) is 2.56. The van der Waals surface area contributed by atoms with Gasteiger partial charge in [0.05, 0.1) is 5.69 Å². The van der Waals surface area contributed by atoms with Gasteiger partial charge >= 0.3 is 0 Å². The molecule has 0 radical (unpaired) electrons. The molecule has 94 valence electrons. The van der Waals surface area contributed by atoms with E-state index in [0.29, 0.717) is 0 Å². The third kappa shape index (κ3) is 2.31. The van der Waals surface area contributed by atoms with Crippen molar-refractivity contribution in [1.29, 1.82) is 0 Å². The Balaban J connectivity index is 1.71. The van der Waals surface area contributed by atoms with Crippen LogP contribution in [0.5, 0.6) is 0 Å². The first-order valence-electron chi connectivity index (χ1n) is 6.66. The molecule has 18 heavy (non-hydrogen) atoms. The SMILES string of the molecule is CC1CCCN1Cc1ccc(-n2cccn2)cc1. The van der Waals surface area contributed by atoms with Gasteiger partial charge in [0, 0.05) is 25.0 Å². The topological polar surface area (TPSA) is 21.1 Å². The van der Waals surface area contributed by atoms with Gasteiger partial charge in [0.1, 0.15) is 0 Å². The Kier molecular flexibility index (Phi) is 3.15. The molecule has 0 N–H and O–H groups in total. The summed E-state index contributed by atoms with van der Waals surface area (Å²) < 4.78 is 1.89. The van der Waals surface area contributed by atoms with Crippen LogP contribution in [0.2, 0.25) is 0 Å². The van der Waals surface area contributed by atoms with Gasteiger partial charge in [-0.25, -0.2) is 4.68 Å². The third-order valence-corrected chi connectivity index (χ3v) is 3.78. The van der Waals surface area contributed by atoms with Gasteiger partial charge in [0.25, 0.3) is 0 Å². The molecular weight excluding hydrogens is 222 g/mol. The van der Waals surface area contributed by atoms with Crippen LogP contribution in [0.25, 0.3) is 5.69 Å². The molecule has 0 bridgehead atoms. The Morgan fingerprint density at radius 3 is 2.72 bits per heavy atom. The van der Waals surface area contributed by atoms with E-state index in [9.17, 15) is 0 Å². The van der Waals surface area contributed by atoms with E-state index in [1.165, 1.54) is 24.9 Å². The Morgan fingerprint density at radius 1 is 1.28 bits per heavy atom. The standard InChI is InChI=1S/C15H19N3/c1-13-4-2-10-17(13)12-14-5-7-15(8-6-14)18-11-3-9-16-18/h3,5-9,11,13H,2,4,10,12H2,1H3. The zero-order valence-electron chi connectivity index (χ0n) is 10.8. The molecule has 3 heteroatoms. The second kappa shape index (κ2) is 4.94. The molecule has 1 unspecified atom stereocenters. The Morgan fingerprint density at radius 2 is 2.11 bits per heavy atom. The molecule has 1 fully saturated rings. The summed E-state index contributed by atoms with van der Waals surface area (Å²) in [6, 6.07) is 11.4. The van der Waals surface area contributed by atoms with Crippen LogP contribution in [0.3, 0.4) is 0 Å². The van der Waals surface area contributed by atoms with Gasteiger partial charge in [-0.3, -0.25) is 4.90 Å². The summed E-state index contributed by atoms with van der Waals surface area (Å²) in [7, 11) is 0. The van der Waals surface area contributed by atoms with Crippen LogP contribution in [-0.2, 0) is 6.54 Å².